The topological polar surface area (TPSA) is 27.7 Å². The van der Waals surface area contributed by atoms with Gasteiger partial charge >= 0.3 is 0 Å². The van der Waals surface area contributed by atoms with Crippen LogP contribution in [-0.4, -0.2) is 18.3 Å². The molecule has 0 aliphatic heterocycles. The van der Waals surface area contributed by atoms with Gasteiger partial charge in [0, 0.05) is 0 Å². The van der Waals surface area contributed by atoms with Crippen LogP contribution in [0.5, 0.6) is 17.2 Å². The van der Waals surface area contributed by atoms with Gasteiger partial charge in [-0.25, -0.2) is 0 Å². The summed E-state index contributed by atoms with van der Waals surface area (Å²) in [6.45, 7) is 16.4. The number of benzene rings is 1. The largest absolute Gasteiger partial charge is 0.487 e. The fraction of sp³-hybridized carbons (Fsp3) is 0.667. The minimum Gasteiger partial charge on any atom is -0.487 e. The van der Waals surface area contributed by atoms with E-state index in [0.717, 1.165) is 11.5 Å². The third-order valence-electron chi connectivity index (χ3n) is 2.79. The number of hydrogen-bond acceptors (Lipinski definition) is 3. The average molecular weight is 294 g/mol. The lowest BCUT2D eigenvalue weighted by molar-refractivity contribution is 0.176. The van der Waals surface area contributed by atoms with Gasteiger partial charge in [0.1, 0.15) is 0 Å². The number of rotatable bonds is 7. The number of hydrogen-bond donors (Lipinski definition) is 0. The molecule has 1 rings (SSSR count). The minimum absolute atomic E-state index is 0.0684. The summed E-state index contributed by atoms with van der Waals surface area (Å²) in [5, 5.41) is 0. The van der Waals surface area contributed by atoms with E-state index in [9.17, 15) is 0 Å². The molecular formula is C18H30O3. The van der Waals surface area contributed by atoms with Crippen LogP contribution in [-0.2, 0) is 0 Å². The van der Waals surface area contributed by atoms with Crippen molar-refractivity contribution < 1.29 is 14.2 Å². The lowest BCUT2D eigenvalue weighted by Gasteiger charge is -2.23. The first-order chi connectivity index (χ1) is 9.70. The maximum Gasteiger partial charge on any atom is 0.203 e. The fourth-order valence-electron chi connectivity index (χ4n) is 1.97. The summed E-state index contributed by atoms with van der Waals surface area (Å²) in [6.07, 6.45) is 0.251. The highest BCUT2D eigenvalue weighted by atomic mass is 16.6. The predicted octanol–water partition coefficient (Wildman–Crippen LogP) is 5.17. The lowest BCUT2D eigenvalue weighted by Crippen LogP contribution is -2.14. The molecule has 21 heavy (non-hydrogen) atoms. The van der Waals surface area contributed by atoms with Crippen molar-refractivity contribution >= 4 is 0 Å². The van der Waals surface area contributed by atoms with Crippen LogP contribution in [0.2, 0.25) is 0 Å². The monoisotopic (exact) mass is 294 g/mol. The molecule has 0 N–H and O–H groups in total. The zero-order chi connectivity index (χ0) is 16.2. The van der Waals surface area contributed by atoms with Crippen molar-refractivity contribution in [3.8, 4) is 17.2 Å². The van der Waals surface area contributed by atoms with Crippen LogP contribution in [0, 0.1) is 0 Å². The maximum absolute atomic E-state index is 5.96. The Labute approximate surface area is 129 Å². The smallest absolute Gasteiger partial charge is 0.203 e. The molecule has 0 heterocycles. The van der Waals surface area contributed by atoms with Gasteiger partial charge in [0.2, 0.25) is 5.75 Å². The van der Waals surface area contributed by atoms with E-state index in [1.165, 1.54) is 5.56 Å². The van der Waals surface area contributed by atoms with E-state index in [4.69, 9.17) is 14.2 Å². The molecule has 0 atom stereocenters. The van der Waals surface area contributed by atoms with Crippen molar-refractivity contribution in [1.82, 2.24) is 0 Å². The Morgan fingerprint density at radius 2 is 1.00 bits per heavy atom. The van der Waals surface area contributed by atoms with Gasteiger partial charge in [-0.3, -0.25) is 0 Å². The van der Waals surface area contributed by atoms with E-state index in [1.54, 1.807) is 0 Å². The van der Waals surface area contributed by atoms with Crippen LogP contribution in [0.3, 0.4) is 0 Å². The molecule has 0 saturated carbocycles. The first-order valence-corrected chi connectivity index (χ1v) is 7.88. The molecule has 0 amide bonds. The highest BCUT2D eigenvalue weighted by Gasteiger charge is 2.19. The molecule has 0 radical (unpaired) electrons. The van der Waals surface area contributed by atoms with Gasteiger partial charge in [-0.15, -0.1) is 0 Å². The molecule has 0 aliphatic carbocycles. The average Bonchev–Trinajstić information content (AvgIpc) is 2.30. The third-order valence-corrected chi connectivity index (χ3v) is 2.79. The molecule has 120 valence electrons. The van der Waals surface area contributed by atoms with E-state index >= 15 is 0 Å². The van der Waals surface area contributed by atoms with E-state index in [1.807, 2.05) is 41.5 Å². The van der Waals surface area contributed by atoms with Gasteiger partial charge in [0.25, 0.3) is 0 Å². The SMILES string of the molecule is CC(C)Oc1cc(C(C)C)cc(OC(C)C)c1OC(C)C. The first kappa shape index (κ1) is 17.7. The molecule has 0 bridgehead atoms. The van der Waals surface area contributed by atoms with Crippen molar-refractivity contribution in [2.75, 3.05) is 0 Å². The molecule has 1 aromatic rings. The second-order valence-electron chi connectivity index (χ2n) is 6.50. The zero-order valence-electron chi connectivity index (χ0n) is 14.7. The number of ether oxygens (including phenoxy) is 3. The van der Waals surface area contributed by atoms with E-state index < -0.39 is 0 Å². The highest BCUT2D eigenvalue weighted by molar-refractivity contribution is 5.54. The van der Waals surface area contributed by atoms with Crippen LogP contribution in [0.4, 0.5) is 0 Å². The predicted molar refractivity (Wildman–Crippen MR) is 87.8 cm³/mol. The van der Waals surface area contributed by atoms with Gasteiger partial charge < -0.3 is 14.2 Å². The van der Waals surface area contributed by atoms with Crippen LogP contribution < -0.4 is 14.2 Å². The second kappa shape index (κ2) is 7.58. The molecule has 1 aromatic carbocycles. The fourth-order valence-corrected chi connectivity index (χ4v) is 1.97. The Bertz CT molecular complexity index is 417. The van der Waals surface area contributed by atoms with Crippen molar-refractivity contribution in [3.63, 3.8) is 0 Å². The molecule has 0 saturated heterocycles. The maximum atomic E-state index is 5.96. The van der Waals surface area contributed by atoms with Crippen LogP contribution in [0.15, 0.2) is 12.1 Å². The summed E-state index contributed by atoms with van der Waals surface area (Å²) < 4.78 is 17.9. The molecular weight excluding hydrogens is 264 g/mol. The highest BCUT2D eigenvalue weighted by Crippen LogP contribution is 2.42. The Morgan fingerprint density at radius 1 is 0.619 bits per heavy atom. The van der Waals surface area contributed by atoms with E-state index in [0.29, 0.717) is 11.7 Å². The zero-order valence-corrected chi connectivity index (χ0v) is 14.7. The third kappa shape index (κ3) is 5.49. The summed E-state index contributed by atoms with van der Waals surface area (Å²) >= 11 is 0. The molecule has 0 fully saturated rings. The quantitative estimate of drug-likeness (QED) is 0.694. The summed E-state index contributed by atoms with van der Waals surface area (Å²) in [7, 11) is 0. The van der Waals surface area contributed by atoms with Crippen molar-refractivity contribution in [1.29, 1.82) is 0 Å². The Morgan fingerprint density at radius 3 is 1.29 bits per heavy atom. The normalized spacial score (nSPS) is 11.6. The lowest BCUT2D eigenvalue weighted by atomic mass is 10.0. The van der Waals surface area contributed by atoms with E-state index in [2.05, 4.69) is 26.0 Å². The Hall–Kier alpha value is -1.38. The van der Waals surface area contributed by atoms with Gasteiger partial charge in [0.05, 0.1) is 18.3 Å². The van der Waals surface area contributed by atoms with Gasteiger partial charge in [-0.1, -0.05) is 13.8 Å². The Balaban J connectivity index is 3.36. The van der Waals surface area contributed by atoms with E-state index in [-0.39, 0.29) is 18.3 Å². The standard InChI is InChI=1S/C18H30O3/c1-11(2)15-9-16(19-12(3)4)18(21-14(7)8)17(10-15)20-13(5)6/h9-14H,1-8H3. The molecule has 0 aromatic heterocycles. The summed E-state index contributed by atoms with van der Waals surface area (Å²) in [5.74, 6) is 2.64. The van der Waals surface area contributed by atoms with Gasteiger partial charge in [-0.2, -0.15) is 0 Å². The van der Waals surface area contributed by atoms with Crippen molar-refractivity contribution in [3.05, 3.63) is 17.7 Å². The molecule has 3 nitrogen and oxygen atoms in total. The summed E-state index contributed by atoms with van der Waals surface area (Å²) in [4.78, 5) is 0. The van der Waals surface area contributed by atoms with Crippen LogP contribution in [0.25, 0.3) is 0 Å². The van der Waals surface area contributed by atoms with Crippen LogP contribution in [0.1, 0.15) is 66.9 Å². The summed E-state index contributed by atoms with van der Waals surface area (Å²) in [6, 6.07) is 4.13. The van der Waals surface area contributed by atoms with Gasteiger partial charge in [-0.05, 0) is 65.2 Å². The van der Waals surface area contributed by atoms with Gasteiger partial charge in [0.15, 0.2) is 11.5 Å². The second-order valence-corrected chi connectivity index (χ2v) is 6.50. The molecule has 0 aliphatic rings. The van der Waals surface area contributed by atoms with Crippen LogP contribution >= 0.6 is 0 Å². The Kier molecular flexibility index (Phi) is 6.38. The first-order valence-electron chi connectivity index (χ1n) is 7.88. The molecule has 3 heteroatoms. The summed E-state index contributed by atoms with van der Waals surface area (Å²) in [5.41, 5.74) is 1.19. The molecule has 0 unspecified atom stereocenters. The van der Waals surface area contributed by atoms with Crippen molar-refractivity contribution in [2.24, 2.45) is 0 Å². The minimum atomic E-state index is 0.0684. The molecule has 0 spiro atoms. The van der Waals surface area contributed by atoms with Crippen molar-refractivity contribution in [2.45, 2.75) is 79.6 Å².